The highest BCUT2D eigenvalue weighted by atomic mass is 35.5. The number of nitrogens with two attached hydrogens (primary N) is 1. The van der Waals surface area contributed by atoms with Crippen molar-refractivity contribution >= 4 is 28.3 Å². The first kappa shape index (κ1) is 19.6. The predicted octanol–water partition coefficient (Wildman–Crippen LogP) is -0.155. The van der Waals surface area contributed by atoms with Gasteiger partial charge in [0.15, 0.2) is 0 Å². The molecule has 3 N–H and O–H groups in total. The molecule has 2 heterocycles. The van der Waals surface area contributed by atoms with Crippen LogP contribution in [0.25, 0.3) is 0 Å². The summed E-state index contributed by atoms with van der Waals surface area (Å²) in [5.41, 5.74) is 5.57. The van der Waals surface area contributed by atoms with E-state index in [4.69, 9.17) is 10.5 Å². The summed E-state index contributed by atoms with van der Waals surface area (Å²) in [7, 11) is -3.24. The van der Waals surface area contributed by atoms with Gasteiger partial charge in [-0.25, -0.2) is 13.1 Å². The molecule has 0 aromatic heterocycles. The molecule has 1 unspecified atom stereocenters. The second-order valence-corrected chi connectivity index (χ2v) is 7.69. The largest absolute Gasteiger partial charge is 0.364 e. The minimum Gasteiger partial charge on any atom is -0.364 e. The fourth-order valence-electron chi connectivity index (χ4n) is 3.00. The summed E-state index contributed by atoms with van der Waals surface area (Å²) in [6.07, 6.45) is 4.98. The third-order valence-corrected chi connectivity index (χ3v) is 4.83. The maximum atomic E-state index is 12.6. The molecular weight excluding hydrogens is 330 g/mol. The molecule has 2 rings (SSSR count). The third kappa shape index (κ3) is 5.34. The lowest BCUT2D eigenvalue weighted by molar-refractivity contribution is -0.146. The molecule has 0 spiro atoms. The lowest BCUT2D eigenvalue weighted by Gasteiger charge is -2.37. The van der Waals surface area contributed by atoms with Gasteiger partial charge in [-0.05, 0) is 32.1 Å². The molecule has 0 aromatic rings. The Labute approximate surface area is 138 Å². The van der Waals surface area contributed by atoms with Gasteiger partial charge in [-0.1, -0.05) is 0 Å². The number of sulfonamides is 1. The van der Waals surface area contributed by atoms with Crippen molar-refractivity contribution in [2.45, 2.75) is 50.4 Å². The number of nitrogens with one attached hydrogen (secondary N) is 1. The van der Waals surface area contributed by atoms with Crippen LogP contribution in [-0.4, -0.2) is 63.4 Å². The summed E-state index contributed by atoms with van der Waals surface area (Å²) in [6, 6.07) is -0.0819. The lowest BCUT2D eigenvalue weighted by atomic mass is 10.0. The van der Waals surface area contributed by atoms with Crippen molar-refractivity contribution in [3.05, 3.63) is 0 Å². The molecule has 2 saturated heterocycles. The van der Waals surface area contributed by atoms with Gasteiger partial charge in [-0.15, -0.1) is 12.4 Å². The Bertz CT molecular complexity index is 474. The number of hydrogen-bond donors (Lipinski definition) is 2. The quantitative estimate of drug-likeness (QED) is 0.713. The Morgan fingerprint density at radius 2 is 2.05 bits per heavy atom. The molecular formula is C13H26ClN3O4S. The van der Waals surface area contributed by atoms with Crippen LogP contribution in [0.4, 0.5) is 0 Å². The van der Waals surface area contributed by atoms with Gasteiger partial charge in [0.2, 0.25) is 10.0 Å². The summed E-state index contributed by atoms with van der Waals surface area (Å²) >= 11 is 0. The van der Waals surface area contributed by atoms with Crippen LogP contribution in [0, 0.1) is 0 Å². The van der Waals surface area contributed by atoms with Crippen molar-refractivity contribution in [3.63, 3.8) is 0 Å². The molecule has 1 amide bonds. The van der Waals surface area contributed by atoms with E-state index in [1.807, 2.05) is 0 Å². The minimum absolute atomic E-state index is 0. The molecule has 0 aliphatic carbocycles. The van der Waals surface area contributed by atoms with E-state index in [-0.39, 0.29) is 37.0 Å². The monoisotopic (exact) mass is 355 g/mol. The number of nitrogens with zero attached hydrogens (tertiary/aromatic N) is 1. The summed E-state index contributed by atoms with van der Waals surface area (Å²) in [5, 5.41) is 0. The summed E-state index contributed by atoms with van der Waals surface area (Å²) in [6.45, 7) is 1.38. The lowest BCUT2D eigenvalue weighted by Crippen LogP contribution is -2.52. The van der Waals surface area contributed by atoms with Crippen LogP contribution in [0.2, 0.25) is 0 Å². The second-order valence-electron chi connectivity index (χ2n) is 5.86. The van der Waals surface area contributed by atoms with Gasteiger partial charge >= 0.3 is 0 Å². The van der Waals surface area contributed by atoms with Crippen molar-refractivity contribution in [1.82, 2.24) is 9.62 Å². The molecule has 2 aliphatic heterocycles. The highest BCUT2D eigenvalue weighted by Gasteiger charge is 2.36. The Morgan fingerprint density at radius 1 is 1.32 bits per heavy atom. The standard InChI is InChI=1S/C13H25N3O4S.ClH/c1-21(18,19)15-9-10-4-2-3-7-16(10)13(17)12-6-5-11(8-14)20-12;/h10-12,15H,2-9,14H2,1H3;1H/t10?,11-,12+;/m1./s1. The number of carbonyl (C=O) groups excluding carboxylic acids is 1. The van der Waals surface area contributed by atoms with Crippen LogP contribution in [0.15, 0.2) is 0 Å². The SMILES string of the molecule is CS(=O)(=O)NCC1CCCCN1C(=O)[C@@H]1CC[C@H](CN)O1.Cl. The van der Waals surface area contributed by atoms with E-state index in [1.54, 1.807) is 4.90 Å². The molecule has 0 bridgehead atoms. The number of amides is 1. The first-order valence-corrected chi connectivity index (χ1v) is 9.40. The summed E-state index contributed by atoms with van der Waals surface area (Å²) in [4.78, 5) is 14.4. The van der Waals surface area contributed by atoms with Crippen molar-refractivity contribution in [2.75, 3.05) is 25.9 Å². The van der Waals surface area contributed by atoms with E-state index >= 15 is 0 Å². The van der Waals surface area contributed by atoms with Gasteiger partial charge < -0.3 is 15.4 Å². The Kier molecular flexibility index (Phi) is 7.54. The minimum atomic E-state index is -3.24. The number of carbonyl (C=O) groups is 1. The van der Waals surface area contributed by atoms with Gasteiger partial charge in [-0.3, -0.25) is 4.79 Å². The summed E-state index contributed by atoms with van der Waals surface area (Å²) in [5.74, 6) is -0.0223. The van der Waals surface area contributed by atoms with E-state index in [0.29, 0.717) is 19.5 Å². The van der Waals surface area contributed by atoms with Gasteiger partial charge in [0.05, 0.1) is 12.4 Å². The van der Waals surface area contributed by atoms with Crippen LogP contribution in [-0.2, 0) is 19.6 Å². The first-order valence-electron chi connectivity index (χ1n) is 7.51. The average molecular weight is 356 g/mol. The molecule has 2 aliphatic rings. The number of rotatable bonds is 5. The molecule has 7 nitrogen and oxygen atoms in total. The zero-order chi connectivity index (χ0) is 15.5. The molecule has 2 fully saturated rings. The smallest absolute Gasteiger partial charge is 0.252 e. The van der Waals surface area contributed by atoms with Gasteiger partial charge in [-0.2, -0.15) is 0 Å². The van der Waals surface area contributed by atoms with Crippen LogP contribution >= 0.6 is 12.4 Å². The van der Waals surface area contributed by atoms with Crippen LogP contribution < -0.4 is 10.5 Å². The first-order chi connectivity index (χ1) is 9.90. The Hall–Kier alpha value is -0.410. The van der Waals surface area contributed by atoms with E-state index in [0.717, 1.165) is 31.9 Å². The van der Waals surface area contributed by atoms with Crippen LogP contribution in [0.1, 0.15) is 32.1 Å². The molecule has 0 radical (unpaired) electrons. The zero-order valence-corrected chi connectivity index (χ0v) is 14.5. The topological polar surface area (TPSA) is 102 Å². The number of piperidine rings is 1. The zero-order valence-electron chi connectivity index (χ0n) is 12.9. The number of likely N-dealkylation sites (tertiary alicyclic amines) is 1. The van der Waals surface area contributed by atoms with Gasteiger partial charge in [0, 0.05) is 25.7 Å². The summed E-state index contributed by atoms with van der Waals surface area (Å²) < 4.78 is 30.6. The van der Waals surface area contributed by atoms with Crippen LogP contribution in [0.5, 0.6) is 0 Å². The van der Waals surface area contributed by atoms with E-state index in [9.17, 15) is 13.2 Å². The van der Waals surface area contributed by atoms with Crippen LogP contribution in [0.3, 0.4) is 0 Å². The van der Waals surface area contributed by atoms with Gasteiger partial charge in [0.1, 0.15) is 6.10 Å². The average Bonchev–Trinajstić information content (AvgIpc) is 2.93. The molecule has 0 saturated carbocycles. The normalized spacial score (nSPS) is 29.2. The maximum Gasteiger partial charge on any atom is 0.252 e. The molecule has 3 atom stereocenters. The Balaban J connectivity index is 0.00000242. The number of hydrogen-bond acceptors (Lipinski definition) is 5. The molecule has 0 aromatic carbocycles. The van der Waals surface area contributed by atoms with E-state index in [1.165, 1.54) is 0 Å². The highest BCUT2D eigenvalue weighted by Crippen LogP contribution is 2.24. The van der Waals surface area contributed by atoms with E-state index in [2.05, 4.69) is 4.72 Å². The predicted molar refractivity (Wildman–Crippen MR) is 86.4 cm³/mol. The number of ether oxygens (including phenoxy) is 1. The molecule has 9 heteroatoms. The van der Waals surface area contributed by atoms with Gasteiger partial charge in [0.25, 0.3) is 5.91 Å². The van der Waals surface area contributed by atoms with Crippen molar-refractivity contribution in [2.24, 2.45) is 5.73 Å². The van der Waals surface area contributed by atoms with Crippen molar-refractivity contribution in [3.8, 4) is 0 Å². The van der Waals surface area contributed by atoms with Crippen molar-refractivity contribution in [1.29, 1.82) is 0 Å². The second kappa shape index (κ2) is 8.44. The molecule has 22 heavy (non-hydrogen) atoms. The fraction of sp³-hybridized carbons (Fsp3) is 0.923. The third-order valence-electron chi connectivity index (χ3n) is 4.14. The number of halogens is 1. The fourth-order valence-corrected chi connectivity index (χ4v) is 3.49. The highest BCUT2D eigenvalue weighted by molar-refractivity contribution is 7.88. The molecule has 130 valence electrons. The Morgan fingerprint density at radius 3 is 2.64 bits per heavy atom. The van der Waals surface area contributed by atoms with E-state index < -0.39 is 16.1 Å². The maximum absolute atomic E-state index is 12.6. The van der Waals surface area contributed by atoms with Crippen molar-refractivity contribution < 1.29 is 17.9 Å².